The highest BCUT2D eigenvalue weighted by Crippen LogP contribution is 2.33. The lowest BCUT2D eigenvalue weighted by Gasteiger charge is -1.94. The first-order valence-electron chi connectivity index (χ1n) is 5.52. The molecule has 0 spiro atoms. The topological polar surface area (TPSA) is 43.9 Å². The zero-order valence-electron chi connectivity index (χ0n) is 9.51. The Morgan fingerprint density at radius 2 is 2.17 bits per heavy atom. The molecule has 0 saturated heterocycles. The minimum absolute atomic E-state index is 0.792. The van der Waals surface area contributed by atoms with Gasteiger partial charge in [-0.1, -0.05) is 15.9 Å². The highest BCUT2D eigenvalue weighted by molar-refractivity contribution is 9.10. The summed E-state index contributed by atoms with van der Waals surface area (Å²) in [6.45, 7) is 0. The Bertz CT molecular complexity index is 907. The summed E-state index contributed by atoms with van der Waals surface area (Å²) in [6, 6.07) is 5.94. The molecule has 18 heavy (non-hydrogen) atoms. The van der Waals surface area contributed by atoms with Crippen LogP contribution in [0.3, 0.4) is 0 Å². The van der Waals surface area contributed by atoms with E-state index in [1.54, 1.807) is 6.20 Å². The molecule has 0 radical (unpaired) electrons. The van der Waals surface area contributed by atoms with Gasteiger partial charge in [-0.2, -0.15) is 5.10 Å². The van der Waals surface area contributed by atoms with E-state index in [1.165, 1.54) is 0 Å². The van der Waals surface area contributed by atoms with E-state index in [2.05, 4.69) is 26.0 Å². The molecule has 3 aromatic heterocycles. The van der Waals surface area contributed by atoms with Gasteiger partial charge in [0, 0.05) is 28.5 Å². The van der Waals surface area contributed by atoms with Crippen molar-refractivity contribution in [2.75, 3.05) is 0 Å². The number of rotatable bonds is 0. The first-order chi connectivity index (χ1) is 8.74. The highest BCUT2D eigenvalue weighted by atomic mass is 79.9. The molecule has 88 valence electrons. The van der Waals surface area contributed by atoms with Gasteiger partial charge in [0.1, 0.15) is 16.6 Å². The molecule has 5 heteroatoms. The summed E-state index contributed by atoms with van der Waals surface area (Å²) < 4.78 is 8.75. The van der Waals surface area contributed by atoms with Crippen molar-refractivity contribution in [3.63, 3.8) is 0 Å². The fraction of sp³-hybridized carbons (Fsp3) is 0.0769. The van der Waals surface area contributed by atoms with Crippen LogP contribution in [0.15, 0.2) is 39.5 Å². The van der Waals surface area contributed by atoms with E-state index in [-0.39, 0.29) is 0 Å². The van der Waals surface area contributed by atoms with Gasteiger partial charge in [0.15, 0.2) is 5.58 Å². The minimum Gasteiger partial charge on any atom is -0.452 e. The molecule has 3 heterocycles. The summed E-state index contributed by atoms with van der Waals surface area (Å²) in [5.41, 5.74) is 3.49. The monoisotopic (exact) mass is 301 g/mol. The first-order valence-corrected chi connectivity index (χ1v) is 6.32. The number of pyridine rings is 1. The zero-order chi connectivity index (χ0) is 12.3. The van der Waals surface area contributed by atoms with E-state index in [0.29, 0.717) is 0 Å². The van der Waals surface area contributed by atoms with E-state index in [0.717, 1.165) is 37.4 Å². The number of aromatic nitrogens is 3. The number of furan rings is 1. The number of fused-ring (bicyclic) bond motifs is 5. The SMILES string of the molecule is Cn1ncc2cnc3c4cc(Br)ccc4oc3c21. The highest BCUT2D eigenvalue weighted by Gasteiger charge is 2.14. The van der Waals surface area contributed by atoms with Gasteiger partial charge < -0.3 is 4.42 Å². The van der Waals surface area contributed by atoms with Gasteiger partial charge in [-0.25, -0.2) is 0 Å². The summed E-state index contributed by atoms with van der Waals surface area (Å²) in [5.74, 6) is 0. The van der Waals surface area contributed by atoms with Crippen molar-refractivity contribution in [2.24, 2.45) is 7.05 Å². The number of nitrogens with zero attached hydrogens (tertiary/aromatic N) is 3. The maximum atomic E-state index is 5.92. The van der Waals surface area contributed by atoms with E-state index >= 15 is 0 Å². The molecule has 0 bridgehead atoms. The zero-order valence-corrected chi connectivity index (χ0v) is 11.1. The van der Waals surface area contributed by atoms with Crippen LogP contribution >= 0.6 is 15.9 Å². The fourth-order valence-electron chi connectivity index (χ4n) is 2.31. The van der Waals surface area contributed by atoms with Crippen molar-refractivity contribution >= 4 is 48.9 Å². The molecular weight excluding hydrogens is 294 g/mol. The number of hydrogen-bond acceptors (Lipinski definition) is 3. The average molecular weight is 302 g/mol. The van der Waals surface area contributed by atoms with Crippen LogP contribution in [0.2, 0.25) is 0 Å². The van der Waals surface area contributed by atoms with Crippen LogP contribution in [0.4, 0.5) is 0 Å². The number of hydrogen-bond donors (Lipinski definition) is 0. The van der Waals surface area contributed by atoms with Gasteiger partial charge in [0.25, 0.3) is 0 Å². The van der Waals surface area contributed by atoms with Crippen LogP contribution in [-0.4, -0.2) is 14.8 Å². The van der Waals surface area contributed by atoms with Gasteiger partial charge in [-0.15, -0.1) is 0 Å². The van der Waals surface area contributed by atoms with Crippen molar-refractivity contribution in [3.8, 4) is 0 Å². The Morgan fingerprint density at radius 1 is 1.28 bits per heavy atom. The Morgan fingerprint density at radius 3 is 3.06 bits per heavy atom. The molecule has 0 atom stereocenters. The molecule has 0 aliphatic rings. The summed E-state index contributed by atoms with van der Waals surface area (Å²) >= 11 is 3.47. The summed E-state index contributed by atoms with van der Waals surface area (Å²) in [7, 11) is 1.91. The summed E-state index contributed by atoms with van der Waals surface area (Å²) in [4.78, 5) is 4.48. The van der Waals surface area contributed by atoms with Gasteiger partial charge in [0.05, 0.1) is 6.20 Å². The molecule has 4 nitrogen and oxygen atoms in total. The Balaban J connectivity index is 2.32. The molecule has 0 fully saturated rings. The molecule has 0 N–H and O–H groups in total. The predicted octanol–water partition coefficient (Wildman–Crippen LogP) is 3.63. The lowest BCUT2D eigenvalue weighted by Crippen LogP contribution is -1.89. The molecule has 0 unspecified atom stereocenters. The quantitative estimate of drug-likeness (QED) is 0.498. The number of aryl methyl sites for hydroxylation is 1. The van der Waals surface area contributed by atoms with Crippen molar-refractivity contribution in [1.82, 2.24) is 14.8 Å². The second-order valence-corrected chi connectivity index (χ2v) is 5.17. The van der Waals surface area contributed by atoms with E-state index in [1.807, 2.05) is 36.1 Å². The summed E-state index contributed by atoms with van der Waals surface area (Å²) in [6.07, 6.45) is 3.63. The fourth-order valence-corrected chi connectivity index (χ4v) is 2.67. The molecular formula is C13H8BrN3O. The second-order valence-electron chi connectivity index (χ2n) is 4.25. The Labute approximate surface area is 110 Å². The van der Waals surface area contributed by atoms with Crippen molar-refractivity contribution in [3.05, 3.63) is 35.1 Å². The minimum atomic E-state index is 0.792. The largest absolute Gasteiger partial charge is 0.452 e. The van der Waals surface area contributed by atoms with Crippen LogP contribution < -0.4 is 0 Å². The van der Waals surface area contributed by atoms with E-state index < -0.39 is 0 Å². The predicted molar refractivity (Wildman–Crippen MR) is 73.5 cm³/mol. The van der Waals surface area contributed by atoms with Crippen molar-refractivity contribution in [1.29, 1.82) is 0 Å². The van der Waals surface area contributed by atoms with Gasteiger partial charge in [-0.05, 0) is 18.2 Å². The number of benzene rings is 1. The lowest BCUT2D eigenvalue weighted by molar-refractivity contribution is 0.666. The third-order valence-electron chi connectivity index (χ3n) is 3.14. The van der Waals surface area contributed by atoms with E-state index in [4.69, 9.17) is 4.42 Å². The molecule has 1 aromatic carbocycles. The smallest absolute Gasteiger partial charge is 0.179 e. The van der Waals surface area contributed by atoms with Gasteiger partial charge in [-0.3, -0.25) is 9.67 Å². The second kappa shape index (κ2) is 3.32. The maximum absolute atomic E-state index is 5.92. The molecule has 0 saturated carbocycles. The molecule has 0 amide bonds. The van der Waals surface area contributed by atoms with Crippen LogP contribution in [0.1, 0.15) is 0 Å². The maximum Gasteiger partial charge on any atom is 0.179 e. The third-order valence-corrected chi connectivity index (χ3v) is 3.63. The van der Waals surface area contributed by atoms with Gasteiger partial charge in [0.2, 0.25) is 0 Å². The van der Waals surface area contributed by atoms with Crippen molar-refractivity contribution in [2.45, 2.75) is 0 Å². The van der Waals surface area contributed by atoms with E-state index in [9.17, 15) is 0 Å². The summed E-state index contributed by atoms with van der Waals surface area (Å²) in [5, 5.41) is 6.25. The normalized spacial score (nSPS) is 11.9. The number of halogens is 1. The molecule has 4 rings (SSSR count). The Kier molecular flexibility index (Phi) is 1.86. The van der Waals surface area contributed by atoms with Crippen LogP contribution in [0, 0.1) is 0 Å². The molecule has 4 aromatic rings. The third kappa shape index (κ3) is 1.19. The average Bonchev–Trinajstić information content (AvgIpc) is 2.90. The van der Waals surface area contributed by atoms with Crippen LogP contribution in [-0.2, 0) is 7.05 Å². The standard InChI is InChI=1S/C13H8BrN3O/c1-17-12-7(6-16-17)5-15-11-9-4-8(14)2-3-10(9)18-13(11)12/h2-6H,1H3. The lowest BCUT2D eigenvalue weighted by atomic mass is 10.2. The molecule has 0 aliphatic carbocycles. The first kappa shape index (κ1) is 10.1. The van der Waals surface area contributed by atoms with Gasteiger partial charge >= 0.3 is 0 Å². The van der Waals surface area contributed by atoms with Crippen molar-refractivity contribution < 1.29 is 4.42 Å². The van der Waals surface area contributed by atoms with Crippen LogP contribution in [0.5, 0.6) is 0 Å². The molecule has 0 aliphatic heterocycles. The van der Waals surface area contributed by atoms with Crippen LogP contribution in [0.25, 0.3) is 33.0 Å². The Hall–Kier alpha value is -1.88.